The van der Waals surface area contributed by atoms with Gasteiger partial charge < -0.3 is 25.1 Å². The van der Waals surface area contributed by atoms with Crippen LogP contribution in [0.15, 0.2) is 29.4 Å². The number of fused-ring (bicyclic) bond motifs is 1. The number of guanidine groups is 1. The largest absolute Gasteiger partial charge is 0.379 e. The summed E-state index contributed by atoms with van der Waals surface area (Å²) in [5.74, 6) is 0.838. The number of ether oxygens (including phenoxy) is 2. The number of nitrogens with zero attached hydrogens (tertiary/aromatic N) is 1. The second kappa shape index (κ2) is 12.3. The number of rotatable bonds is 9. The van der Waals surface area contributed by atoms with Gasteiger partial charge in [0.25, 0.3) is 0 Å². The number of aliphatic imine (C=N–C) groups is 1. The molecule has 3 N–H and O–H groups in total. The van der Waals surface area contributed by atoms with Crippen molar-refractivity contribution in [3.8, 4) is 0 Å². The highest BCUT2D eigenvalue weighted by molar-refractivity contribution is 14.0. The zero-order valence-electron chi connectivity index (χ0n) is 16.9. The SMILES string of the molecule is CN=C(NCCCOCC1CCCO1)NCCc1c[nH]c2cc(C)ccc12.I. The topological polar surface area (TPSA) is 70.7 Å². The van der Waals surface area contributed by atoms with Gasteiger partial charge in [-0.3, -0.25) is 4.99 Å². The molecule has 0 aliphatic carbocycles. The van der Waals surface area contributed by atoms with Crippen LogP contribution in [0.1, 0.15) is 30.4 Å². The van der Waals surface area contributed by atoms with Crippen LogP contribution in [-0.2, 0) is 15.9 Å². The summed E-state index contributed by atoms with van der Waals surface area (Å²) < 4.78 is 11.2. The van der Waals surface area contributed by atoms with Crippen LogP contribution in [0.25, 0.3) is 10.9 Å². The quantitative estimate of drug-likeness (QED) is 0.214. The number of aromatic amines is 1. The minimum Gasteiger partial charge on any atom is -0.379 e. The molecule has 0 spiro atoms. The van der Waals surface area contributed by atoms with Crippen LogP contribution in [0, 0.1) is 6.92 Å². The Kier molecular flexibility index (Phi) is 10.1. The number of H-pyrrole nitrogens is 1. The Morgan fingerprint density at radius 1 is 1.32 bits per heavy atom. The van der Waals surface area contributed by atoms with E-state index in [-0.39, 0.29) is 24.0 Å². The van der Waals surface area contributed by atoms with Crippen molar-refractivity contribution < 1.29 is 9.47 Å². The van der Waals surface area contributed by atoms with E-state index in [2.05, 4.69) is 51.9 Å². The zero-order chi connectivity index (χ0) is 18.9. The van der Waals surface area contributed by atoms with Crippen molar-refractivity contribution in [3.63, 3.8) is 0 Å². The monoisotopic (exact) mass is 500 g/mol. The number of halogens is 1. The summed E-state index contributed by atoms with van der Waals surface area (Å²) in [6.07, 6.45) is 6.61. The molecule has 0 saturated carbocycles. The Balaban J connectivity index is 0.00000280. The molecule has 1 aromatic carbocycles. The van der Waals surface area contributed by atoms with Crippen LogP contribution in [0.5, 0.6) is 0 Å². The van der Waals surface area contributed by atoms with Gasteiger partial charge in [0.1, 0.15) is 0 Å². The van der Waals surface area contributed by atoms with E-state index in [1.165, 1.54) is 22.0 Å². The molecule has 2 heterocycles. The molecule has 0 amide bonds. The smallest absolute Gasteiger partial charge is 0.190 e. The summed E-state index contributed by atoms with van der Waals surface area (Å²) in [6.45, 7) is 6.16. The Labute approximate surface area is 184 Å². The van der Waals surface area contributed by atoms with Crippen molar-refractivity contribution in [2.24, 2.45) is 4.99 Å². The van der Waals surface area contributed by atoms with Gasteiger partial charge in [-0.1, -0.05) is 12.1 Å². The highest BCUT2D eigenvalue weighted by Gasteiger charge is 2.14. The van der Waals surface area contributed by atoms with Crippen molar-refractivity contribution in [1.82, 2.24) is 15.6 Å². The highest BCUT2D eigenvalue weighted by atomic mass is 127. The van der Waals surface area contributed by atoms with Gasteiger partial charge in [0, 0.05) is 50.5 Å². The third-order valence-electron chi connectivity index (χ3n) is 4.92. The Hall–Kier alpha value is -1.32. The first-order chi connectivity index (χ1) is 13.3. The molecule has 1 atom stereocenters. The summed E-state index contributed by atoms with van der Waals surface area (Å²) in [5, 5.41) is 8.03. The average molecular weight is 500 g/mol. The first-order valence-corrected chi connectivity index (χ1v) is 9.97. The molecule has 28 heavy (non-hydrogen) atoms. The fourth-order valence-electron chi connectivity index (χ4n) is 3.41. The van der Waals surface area contributed by atoms with Gasteiger partial charge >= 0.3 is 0 Å². The molecule has 1 aromatic heterocycles. The predicted molar refractivity (Wildman–Crippen MR) is 126 cm³/mol. The molecule has 0 bridgehead atoms. The van der Waals surface area contributed by atoms with Crippen molar-refractivity contribution in [3.05, 3.63) is 35.5 Å². The third-order valence-corrected chi connectivity index (χ3v) is 4.92. The Morgan fingerprint density at radius 2 is 2.18 bits per heavy atom. The molecular formula is C21H33IN4O2. The van der Waals surface area contributed by atoms with E-state index >= 15 is 0 Å². The summed E-state index contributed by atoms with van der Waals surface area (Å²) in [5.41, 5.74) is 3.81. The maximum Gasteiger partial charge on any atom is 0.190 e. The lowest BCUT2D eigenvalue weighted by atomic mass is 10.1. The number of aromatic nitrogens is 1. The number of hydrogen-bond acceptors (Lipinski definition) is 3. The van der Waals surface area contributed by atoms with Gasteiger partial charge in [-0.05, 0) is 49.8 Å². The van der Waals surface area contributed by atoms with E-state index < -0.39 is 0 Å². The molecule has 1 fully saturated rings. The molecule has 1 saturated heterocycles. The lowest BCUT2D eigenvalue weighted by Gasteiger charge is -2.13. The van der Waals surface area contributed by atoms with Crippen molar-refractivity contribution in [2.45, 2.75) is 38.7 Å². The Bertz CT molecular complexity index is 741. The molecule has 1 unspecified atom stereocenters. The van der Waals surface area contributed by atoms with Crippen LogP contribution in [0.3, 0.4) is 0 Å². The van der Waals surface area contributed by atoms with Crippen LogP contribution >= 0.6 is 24.0 Å². The summed E-state index contributed by atoms with van der Waals surface area (Å²) >= 11 is 0. The normalized spacial score (nSPS) is 16.9. The van der Waals surface area contributed by atoms with Gasteiger partial charge in [0.2, 0.25) is 0 Å². The number of benzene rings is 1. The van der Waals surface area contributed by atoms with Crippen molar-refractivity contribution in [1.29, 1.82) is 0 Å². The highest BCUT2D eigenvalue weighted by Crippen LogP contribution is 2.19. The third kappa shape index (κ3) is 6.93. The van der Waals surface area contributed by atoms with Gasteiger partial charge in [0.15, 0.2) is 5.96 Å². The van der Waals surface area contributed by atoms with Crippen LogP contribution in [0.4, 0.5) is 0 Å². The molecule has 156 valence electrons. The van der Waals surface area contributed by atoms with Gasteiger partial charge in [-0.15, -0.1) is 24.0 Å². The average Bonchev–Trinajstić information content (AvgIpc) is 3.32. The summed E-state index contributed by atoms with van der Waals surface area (Å²) in [6, 6.07) is 6.54. The fraction of sp³-hybridized carbons (Fsp3) is 0.571. The maximum absolute atomic E-state index is 5.68. The number of aryl methyl sites for hydroxylation is 1. The second-order valence-electron chi connectivity index (χ2n) is 7.10. The predicted octanol–water partition coefficient (Wildman–Crippen LogP) is 3.39. The summed E-state index contributed by atoms with van der Waals surface area (Å²) in [4.78, 5) is 7.65. The van der Waals surface area contributed by atoms with Crippen LogP contribution in [-0.4, -0.2) is 57.0 Å². The summed E-state index contributed by atoms with van der Waals surface area (Å²) in [7, 11) is 1.80. The molecule has 1 aliphatic heterocycles. The van der Waals surface area contributed by atoms with E-state index in [4.69, 9.17) is 9.47 Å². The fourth-order valence-corrected chi connectivity index (χ4v) is 3.41. The lowest BCUT2D eigenvalue weighted by Crippen LogP contribution is -2.39. The van der Waals surface area contributed by atoms with Crippen LogP contribution in [0.2, 0.25) is 0 Å². The van der Waals surface area contributed by atoms with Crippen molar-refractivity contribution in [2.75, 3.05) is 40.0 Å². The molecule has 3 rings (SSSR count). The maximum atomic E-state index is 5.68. The Morgan fingerprint density at radius 3 is 2.96 bits per heavy atom. The molecule has 7 heteroatoms. The van der Waals surface area contributed by atoms with Crippen LogP contribution < -0.4 is 10.6 Å². The molecule has 2 aromatic rings. The van der Waals surface area contributed by atoms with E-state index in [9.17, 15) is 0 Å². The lowest BCUT2D eigenvalue weighted by molar-refractivity contribution is 0.0168. The molecule has 0 radical (unpaired) electrons. The molecular weight excluding hydrogens is 467 g/mol. The van der Waals surface area contributed by atoms with Gasteiger partial charge in [-0.25, -0.2) is 0 Å². The van der Waals surface area contributed by atoms with Gasteiger partial charge in [0.05, 0.1) is 12.7 Å². The first kappa shape index (κ1) is 23.0. The first-order valence-electron chi connectivity index (χ1n) is 9.97. The second-order valence-corrected chi connectivity index (χ2v) is 7.10. The van der Waals surface area contributed by atoms with Crippen molar-refractivity contribution >= 4 is 40.8 Å². The standard InChI is InChI=1S/C21H32N4O2.HI/c1-16-6-7-19-17(14-25-20(19)13-16)8-10-24-21(22-2)23-9-4-11-26-15-18-5-3-12-27-18;/h6-7,13-14,18,25H,3-5,8-12,15H2,1-2H3,(H2,22,23,24);1H. The van der Waals surface area contributed by atoms with E-state index in [0.717, 1.165) is 64.6 Å². The molecule has 6 nitrogen and oxygen atoms in total. The minimum absolute atomic E-state index is 0. The zero-order valence-corrected chi connectivity index (χ0v) is 19.3. The molecule has 1 aliphatic rings. The van der Waals surface area contributed by atoms with Gasteiger partial charge in [-0.2, -0.15) is 0 Å². The van der Waals surface area contributed by atoms with E-state index in [1.54, 1.807) is 7.05 Å². The van der Waals surface area contributed by atoms with E-state index in [0.29, 0.717) is 6.10 Å². The number of nitrogens with one attached hydrogen (secondary N) is 3. The van der Waals surface area contributed by atoms with E-state index in [1.807, 2.05) is 0 Å². The minimum atomic E-state index is 0. The number of hydrogen-bond donors (Lipinski definition) is 3.